The molecule has 1 aliphatic heterocycles. The molecule has 0 unspecified atom stereocenters. The lowest BCUT2D eigenvalue weighted by molar-refractivity contribution is -0.137. The summed E-state index contributed by atoms with van der Waals surface area (Å²) in [5, 5.41) is 4.51. The van der Waals surface area contributed by atoms with E-state index in [2.05, 4.69) is 10.1 Å². The maximum Gasteiger partial charge on any atom is 0.417 e. The van der Waals surface area contributed by atoms with Gasteiger partial charge in [0.1, 0.15) is 0 Å². The molecule has 0 aromatic carbocycles. The van der Waals surface area contributed by atoms with E-state index in [1.807, 2.05) is 0 Å². The largest absolute Gasteiger partial charge is 0.417 e. The van der Waals surface area contributed by atoms with E-state index in [0.717, 1.165) is 11.1 Å². The van der Waals surface area contributed by atoms with Crippen molar-refractivity contribution in [1.82, 2.24) is 4.98 Å². The summed E-state index contributed by atoms with van der Waals surface area (Å²) >= 11 is 5.70. The van der Waals surface area contributed by atoms with Crippen LogP contribution in [0, 0.1) is 0 Å². The van der Waals surface area contributed by atoms with Crippen molar-refractivity contribution >= 4 is 29.0 Å². The lowest BCUT2D eigenvalue weighted by Gasteiger charge is -2.14. The van der Waals surface area contributed by atoms with E-state index >= 15 is 0 Å². The van der Waals surface area contributed by atoms with Gasteiger partial charge >= 0.3 is 6.18 Å². The van der Waals surface area contributed by atoms with Crippen LogP contribution < -0.4 is 5.01 Å². The van der Waals surface area contributed by atoms with Crippen LogP contribution in [0.2, 0.25) is 5.02 Å². The molecule has 8 heteroatoms. The first-order valence-corrected chi connectivity index (χ1v) is 5.26. The summed E-state index contributed by atoms with van der Waals surface area (Å²) in [4.78, 5) is 15.1. The molecule has 1 aromatic heterocycles. The molecule has 1 amide bonds. The molecule has 2 heterocycles. The number of nitrogens with zero attached hydrogens (tertiary/aromatic N) is 3. The Hall–Kier alpha value is -1.63. The molecule has 4 nitrogen and oxygen atoms in total. The van der Waals surface area contributed by atoms with Gasteiger partial charge in [0.25, 0.3) is 5.91 Å². The van der Waals surface area contributed by atoms with Crippen molar-refractivity contribution in [3.8, 4) is 0 Å². The maximum absolute atomic E-state index is 12.4. The molecule has 0 saturated heterocycles. The van der Waals surface area contributed by atoms with Gasteiger partial charge in [-0.3, -0.25) is 4.79 Å². The Morgan fingerprint density at radius 1 is 1.44 bits per heavy atom. The third kappa shape index (κ3) is 2.31. The van der Waals surface area contributed by atoms with Crippen molar-refractivity contribution in [1.29, 1.82) is 0 Å². The van der Waals surface area contributed by atoms with E-state index in [9.17, 15) is 18.0 Å². The highest BCUT2D eigenvalue weighted by Crippen LogP contribution is 2.34. The van der Waals surface area contributed by atoms with Gasteiger partial charge in [0.05, 0.1) is 17.0 Å². The minimum absolute atomic E-state index is 0.0912. The number of carbonyl (C=O) groups is 1. The van der Waals surface area contributed by atoms with Crippen LogP contribution in [0.25, 0.3) is 0 Å². The van der Waals surface area contributed by atoms with E-state index in [-0.39, 0.29) is 23.2 Å². The quantitative estimate of drug-likeness (QED) is 0.792. The highest BCUT2D eigenvalue weighted by molar-refractivity contribution is 6.33. The molecule has 0 N–H and O–H groups in total. The van der Waals surface area contributed by atoms with E-state index < -0.39 is 11.7 Å². The highest BCUT2D eigenvalue weighted by Gasteiger charge is 2.33. The molecule has 0 fully saturated rings. The van der Waals surface area contributed by atoms with Crippen LogP contribution >= 0.6 is 11.6 Å². The number of anilines is 1. The summed E-state index contributed by atoms with van der Waals surface area (Å²) in [5.74, 6) is -0.465. The average molecular weight is 278 g/mol. The topological polar surface area (TPSA) is 45.6 Å². The first kappa shape index (κ1) is 12.8. The molecular weight excluding hydrogens is 271 g/mol. The summed E-state index contributed by atoms with van der Waals surface area (Å²) in [5.41, 5.74) is -0.415. The molecule has 2 rings (SSSR count). The molecule has 0 bridgehead atoms. The fourth-order valence-corrected chi connectivity index (χ4v) is 1.71. The standard InChI is InChI=1S/C10H7ClF3N3O/c1-5-2-8(18)17(16-5)9-7(11)3-6(4-15-9)10(12,13)14/h3-4H,2H2,1H3. The predicted octanol–water partition coefficient (Wildman–Crippen LogP) is 2.87. The second kappa shape index (κ2) is 4.24. The van der Waals surface area contributed by atoms with Gasteiger partial charge < -0.3 is 0 Å². The van der Waals surface area contributed by atoms with Crippen LogP contribution in [0.5, 0.6) is 0 Å². The van der Waals surface area contributed by atoms with Gasteiger partial charge in [0.15, 0.2) is 5.82 Å². The molecule has 18 heavy (non-hydrogen) atoms. The monoisotopic (exact) mass is 277 g/mol. The number of alkyl halides is 3. The third-order valence-corrected chi connectivity index (χ3v) is 2.54. The predicted molar refractivity (Wildman–Crippen MR) is 59.5 cm³/mol. The number of halogens is 4. The van der Waals surface area contributed by atoms with Crippen molar-refractivity contribution < 1.29 is 18.0 Å². The summed E-state index contributed by atoms with van der Waals surface area (Å²) in [6.45, 7) is 1.63. The number of hydrogen-bond donors (Lipinski definition) is 0. The second-order valence-corrected chi connectivity index (χ2v) is 4.15. The molecular formula is C10H7ClF3N3O. The number of aromatic nitrogens is 1. The van der Waals surface area contributed by atoms with E-state index in [1.54, 1.807) is 6.92 Å². The first-order chi connectivity index (χ1) is 8.29. The molecule has 1 aliphatic rings. The van der Waals surface area contributed by atoms with Crippen molar-refractivity contribution in [3.05, 3.63) is 22.8 Å². The summed E-state index contributed by atoms with van der Waals surface area (Å²) in [6, 6.07) is 0.723. The Kier molecular flexibility index (Phi) is 3.02. The van der Waals surface area contributed by atoms with Crippen LogP contribution in [0.15, 0.2) is 17.4 Å². The summed E-state index contributed by atoms with van der Waals surface area (Å²) in [7, 11) is 0. The Morgan fingerprint density at radius 3 is 2.56 bits per heavy atom. The molecule has 0 saturated carbocycles. The van der Waals surface area contributed by atoms with Gasteiger partial charge in [-0.1, -0.05) is 11.6 Å². The highest BCUT2D eigenvalue weighted by atomic mass is 35.5. The van der Waals surface area contributed by atoms with E-state index in [4.69, 9.17) is 11.6 Å². The van der Waals surface area contributed by atoms with Gasteiger partial charge in [-0.15, -0.1) is 0 Å². The van der Waals surface area contributed by atoms with Gasteiger partial charge in [-0.25, -0.2) is 4.98 Å². The van der Waals surface area contributed by atoms with E-state index in [1.165, 1.54) is 0 Å². The number of amides is 1. The summed E-state index contributed by atoms with van der Waals surface area (Å²) < 4.78 is 37.2. The van der Waals surface area contributed by atoms with Crippen molar-refractivity contribution in [2.75, 3.05) is 5.01 Å². The Balaban J connectivity index is 2.40. The van der Waals surface area contributed by atoms with Crippen molar-refractivity contribution in [3.63, 3.8) is 0 Å². The first-order valence-electron chi connectivity index (χ1n) is 4.89. The number of hydrogen-bond acceptors (Lipinski definition) is 3. The molecule has 96 valence electrons. The zero-order chi connectivity index (χ0) is 13.5. The lowest BCUT2D eigenvalue weighted by Crippen LogP contribution is -2.21. The minimum atomic E-state index is -4.52. The number of carbonyl (C=O) groups excluding carboxylic acids is 1. The van der Waals surface area contributed by atoms with Crippen LogP contribution in [-0.4, -0.2) is 16.6 Å². The third-order valence-electron chi connectivity index (χ3n) is 2.26. The van der Waals surface area contributed by atoms with Gasteiger partial charge in [-0.05, 0) is 13.0 Å². The molecule has 1 aromatic rings. The zero-order valence-corrected chi connectivity index (χ0v) is 9.88. The Bertz CT molecular complexity index is 542. The second-order valence-electron chi connectivity index (χ2n) is 3.74. The zero-order valence-electron chi connectivity index (χ0n) is 9.12. The van der Waals surface area contributed by atoms with E-state index in [0.29, 0.717) is 11.9 Å². The minimum Gasteiger partial charge on any atom is -0.272 e. The molecule has 0 spiro atoms. The molecule has 0 atom stereocenters. The fraction of sp³-hybridized carbons (Fsp3) is 0.300. The summed E-state index contributed by atoms with van der Waals surface area (Å²) in [6.07, 6.45) is -3.79. The Morgan fingerprint density at radius 2 is 2.11 bits per heavy atom. The van der Waals surface area contributed by atoms with Gasteiger partial charge in [0.2, 0.25) is 0 Å². The number of rotatable bonds is 1. The van der Waals surface area contributed by atoms with Crippen molar-refractivity contribution in [2.45, 2.75) is 19.5 Å². The fourth-order valence-electron chi connectivity index (χ4n) is 1.46. The molecule has 0 radical (unpaired) electrons. The Labute approximate surface area is 105 Å². The van der Waals surface area contributed by atoms with Crippen LogP contribution in [-0.2, 0) is 11.0 Å². The number of hydrazone groups is 1. The lowest BCUT2D eigenvalue weighted by atomic mass is 10.2. The van der Waals surface area contributed by atoms with Gasteiger partial charge in [-0.2, -0.15) is 23.3 Å². The van der Waals surface area contributed by atoms with Gasteiger partial charge in [0, 0.05) is 11.9 Å². The maximum atomic E-state index is 12.4. The molecule has 0 aliphatic carbocycles. The van der Waals surface area contributed by atoms with Crippen LogP contribution in [0.4, 0.5) is 19.0 Å². The average Bonchev–Trinajstić information content (AvgIpc) is 2.56. The SMILES string of the molecule is CC1=NN(c2ncc(C(F)(F)F)cc2Cl)C(=O)C1. The van der Waals surface area contributed by atoms with Crippen LogP contribution in [0.3, 0.4) is 0 Å². The number of pyridine rings is 1. The normalized spacial score (nSPS) is 16.2. The smallest absolute Gasteiger partial charge is 0.272 e. The van der Waals surface area contributed by atoms with Crippen LogP contribution in [0.1, 0.15) is 18.9 Å². The van der Waals surface area contributed by atoms with Crippen molar-refractivity contribution in [2.24, 2.45) is 5.10 Å².